The summed E-state index contributed by atoms with van der Waals surface area (Å²) in [7, 11) is 1.87. The molecule has 1 aromatic rings. The number of benzene rings is 1. The van der Waals surface area contributed by atoms with Crippen LogP contribution in [0.15, 0.2) is 23.2 Å². The fourth-order valence-corrected chi connectivity index (χ4v) is 4.10. The van der Waals surface area contributed by atoms with Crippen LogP contribution in [0.25, 0.3) is 0 Å². The Labute approximate surface area is 167 Å². The third-order valence-electron chi connectivity index (χ3n) is 5.65. The van der Waals surface area contributed by atoms with E-state index in [-0.39, 0.29) is 24.0 Å². The molecule has 0 amide bonds. The number of nitrogens with one attached hydrogen (secondary N) is 1. The highest BCUT2D eigenvalue weighted by molar-refractivity contribution is 14.0. The molecule has 4 rings (SSSR count). The zero-order valence-corrected chi connectivity index (χ0v) is 17.3. The second-order valence-electron chi connectivity index (χ2n) is 7.22. The van der Waals surface area contributed by atoms with Gasteiger partial charge in [-0.05, 0) is 30.7 Å². The maximum atomic E-state index is 5.91. The van der Waals surface area contributed by atoms with E-state index in [1.165, 1.54) is 25.7 Å². The number of fused-ring (bicyclic) bond motifs is 1. The molecule has 25 heavy (non-hydrogen) atoms. The molecule has 3 aliphatic rings. The van der Waals surface area contributed by atoms with Crippen LogP contribution < -0.4 is 14.8 Å². The second-order valence-corrected chi connectivity index (χ2v) is 7.22. The molecule has 1 aromatic carbocycles. The standard InChI is InChI=1S/C19H27N3O2.HI/c1-20-18(22-10-9-19(14-22)7-3-8-19)21-13-15-5-2-6-16-17(15)24-12-4-11-23-16;/h2,5-6H,3-4,7-14H2,1H3,(H,20,21);1H. The molecule has 1 saturated carbocycles. The van der Waals surface area contributed by atoms with E-state index in [1.54, 1.807) is 0 Å². The van der Waals surface area contributed by atoms with Crippen molar-refractivity contribution >= 4 is 29.9 Å². The summed E-state index contributed by atoms with van der Waals surface area (Å²) in [5, 5.41) is 3.52. The summed E-state index contributed by atoms with van der Waals surface area (Å²) in [5.41, 5.74) is 1.71. The van der Waals surface area contributed by atoms with Gasteiger partial charge in [0.2, 0.25) is 0 Å². The fourth-order valence-electron chi connectivity index (χ4n) is 4.10. The van der Waals surface area contributed by atoms with Gasteiger partial charge in [-0.1, -0.05) is 18.6 Å². The molecular weight excluding hydrogens is 429 g/mol. The van der Waals surface area contributed by atoms with E-state index >= 15 is 0 Å². The van der Waals surface area contributed by atoms with Gasteiger partial charge < -0.3 is 19.7 Å². The first-order valence-electron chi connectivity index (χ1n) is 9.13. The summed E-state index contributed by atoms with van der Waals surface area (Å²) >= 11 is 0. The van der Waals surface area contributed by atoms with Gasteiger partial charge in [-0.2, -0.15) is 0 Å². The Bertz CT molecular complexity index is 631. The zero-order chi connectivity index (χ0) is 16.4. The van der Waals surface area contributed by atoms with E-state index in [2.05, 4.69) is 21.3 Å². The van der Waals surface area contributed by atoms with Crippen molar-refractivity contribution in [1.29, 1.82) is 0 Å². The molecular formula is C19H28IN3O2. The number of hydrogen-bond donors (Lipinski definition) is 1. The maximum Gasteiger partial charge on any atom is 0.193 e. The van der Waals surface area contributed by atoms with E-state index in [0.717, 1.165) is 49.1 Å². The number of rotatable bonds is 2. The summed E-state index contributed by atoms with van der Waals surface area (Å²) in [5.74, 6) is 2.75. The molecule has 0 unspecified atom stereocenters. The van der Waals surface area contributed by atoms with Crippen LogP contribution in [0.1, 0.15) is 37.7 Å². The van der Waals surface area contributed by atoms with Crippen LogP contribution in [0.2, 0.25) is 0 Å². The van der Waals surface area contributed by atoms with Crippen molar-refractivity contribution in [2.45, 2.75) is 38.6 Å². The van der Waals surface area contributed by atoms with Crippen molar-refractivity contribution in [1.82, 2.24) is 10.2 Å². The lowest BCUT2D eigenvalue weighted by Crippen LogP contribution is -2.42. The minimum Gasteiger partial charge on any atom is -0.490 e. The van der Waals surface area contributed by atoms with Gasteiger partial charge in [0.15, 0.2) is 17.5 Å². The molecule has 2 fully saturated rings. The largest absolute Gasteiger partial charge is 0.490 e. The van der Waals surface area contributed by atoms with E-state index in [9.17, 15) is 0 Å². The monoisotopic (exact) mass is 457 g/mol. The molecule has 0 atom stereocenters. The summed E-state index contributed by atoms with van der Waals surface area (Å²) in [6.45, 7) is 4.42. The van der Waals surface area contributed by atoms with Gasteiger partial charge in [0.1, 0.15) is 0 Å². The Kier molecular flexibility index (Phi) is 5.96. The summed E-state index contributed by atoms with van der Waals surface area (Å²) in [6.07, 6.45) is 6.41. The predicted octanol–water partition coefficient (Wildman–Crippen LogP) is 3.42. The normalized spacial score (nSPS) is 21.3. The summed E-state index contributed by atoms with van der Waals surface area (Å²) in [4.78, 5) is 6.91. The van der Waals surface area contributed by atoms with Crippen molar-refractivity contribution < 1.29 is 9.47 Å². The summed E-state index contributed by atoms with van der Waals surface area (Å²) < 4.78 is 11.7. The minimum atomic E-state index is 0. The molecule has 2 heterocycles. The average molecular weight is 457 g/mol. The van der Waals surface area contributed by atoms with Gasteiger partial charge in [0.05, 0.1) is 13.2 Å². The number of halogens is 1. The molecule has 6 heteroatoms. The molecule has 1 spiro atoms. The van der Waals surface area contributed by atoms with E-state index in [0.29, 0.717) is 18.6 Å². The molecule has 138 valence electrons. The number of hydrogen-bond acceptors (Lipinski definition) is 3. The fraction of sp³-hybridized carbons (Fsp3) is 0.632. The van der Waals surface area contributed by atoms with Crippen molar-refractivity contribution in [2.24, 2.45) is 10.4 Å². The molecule has 1 N–H and O–H groups in total. The van der Waals surface area contributed by atoms with Gasteiger partial charge in [-0.3, -0.25) is 4.99 Å². The zero-order valence-electron chi connectivity index (χ0n) is 14.9. The number of guanidine groups is 1. The van der Waals surface area contributed by atoms with Crippen LogP contribution in [0.3, 0.4) is 0 Å². The van der Waals surface area contributed by atoms with Crippen LogP contribution in [0.5, 0.6) is 11.5 Å². The van der Waals surface area contributed by atoms with E-state index < -0.39 is 0 Å². The van der Waals surface area contributed by atoms with Crippen molar-refractivity contribution in [3.05, 3.63) is 23.8 Å². The lowest BCUT2D eigenvalue weighted by atomic mass is 9.68. The maximum absolute atomic E-state index is 5.91. The number of aliphatic imine (C=N–C) groups is 1. The highest BCUT2D eigenvalue weighted by Gasteiger charge is 2.43. The Hall–Kier alpha value is -1.18. The van der Waals surface area contributed by atoms with Crippen molar-refractivity contribution in [3.63, 3.8) is 0 Å². The van der Waals surface area contributed by atoms with Crippen LogP contribution >= 0.6 is 24.0 Å². The molecule has 2 aliphatic heterocycles. The van der Waals surface area contributed by atoms with Crippen LogP contribution in [-0.2, 0) is 6.54 Å². The van der Waals surface area contributed by atoms with Crippen LogP contribution in [0, 0.1) is 5.41 Å². The topological polar surface area (TPSA) is 46.1 Å². The van der Waals surface area contributed by atoms with Crippen LogP contribution in [-0.4, -0.2) is 44.2 Å². The SMILES string of the molecule is CN=C(NCc1cccc2c1OCCCO2)N1CCC2(CCC2)C1.I. The number of nitrogens with zero attached hydrogens (tertiary/aromatic N) is 2. The smallest absolute Gasteiger partial charge is 0.193 e. The molecule has 0 aromatic heterocycles. The summed E-state index contributed by atoms with van der Waals surface area (Å²) in [6, 6.07) is 6.12. The molecule has 5 nitrogen and oxygen atoms in total. The second kappa shape index (κ2) is 8.01. The average Bonchev–Trinajstić information content (AvgIpc) is 2.89. The Balaban J connectivity index is 0.00000182. The van der Waals surface area contributed by atoms with Gasteiger partial charge in [-0.25, -0.2) is 0 Å². The highest BCUT2D eigenvalue weighted by Crippen LogP contribution is 2.47. The van der Waals surface area contributed by atoms with E-state index in [4.69, 9.17) is 9.47 Å². The third-order valence-corrected chi connectivity index (χ3v) is 5.65. The highest BCUT2D eigenvalue weighted by atomic mass is 127. The van der Waals surface area contributed by atoms with Gasteiger partial charge >= 0.3 is 0 Å². The van der Waals surface area contributed by atoms with Gasteiger partial charge in [-0.15, -0.1) is 24.0 Å². The Morgan fingerprint density at radius 3 is 2.76 bits per heavy atom. The molecule has 0 radical (unpaired) electrons. The molecule has 0 bridgehead atoms. The molecule has 1 aliphatic carbocycles. The van der Waals surface area contributed by atoms with E-state index in [1.807, 2.05) is 19.2 Å². The third kappa shape index (κ3) is 3.83. The Morgan fingerprint density at radius 1 is 1.20 bits per heavy atom. The lowest BCUT2D eigenvalue weighted by molar-refractivity contribution is 0.151. The first-order valence-corrected chi connectivity index (χ1v) is 9.13. The quantitative estimate of drug-likeness (QED) is 0.420. The van der Waals surface area contributed by atoms with Gasteiger partial charge in [0, 0.05) is 38.7 Å². The number of likely N-dealkylation sites (tertiary alicyclic amines) is 1. The van der Waals surface area contributed by atoms with Crippen molar-refractivity contribution in [3.8, 4) is 11.5 Å². The first kappa shape index (κ1) is 18.6. The van der Waals surface area contributed by atoms with Crippen LogP contribution in [0.4, 0.5) is 0 Å². The number of para-hydroxylation sites is 1. The minimum absolute atomic E-state index is 0. The molecule has 1 saturated heterocycles. The predicted molar refractivity (Wildman–Crippen MR) is 110 cm³/mol. The van der Waals surface area contributed by atoms with Crippen molar-refractivity contribution in [2.75, 3.05) is 33.4 Å². The lowest BCUT2D eigenvalue weighted by Gasteiger charge is -2.38. The van der Waals surface area contributed by atoms with Gasteiger partial charge in [0.25, 0.3) is 0 Å². The Morgan fingerprint density at radius 2 is 2.04 bits per heavy atom. The number of ether oxygens (including phenoxy) is 2. The first-order chi connectivity index (χ1) is 11.8.